The van der Waals surface area contributed by atoms with E-state index in [4.69, 9.17) is 140 Å². The van der Waals surface area contributed by atoms with Gasteiger partial charge in [0.2, 0.25) is 0 Å². The molecule has 7 aromatic carbocycles. The molecule has 0 fully saturated rings. The van der Waals surface area contributed by atoms with Gasteiger partial charge in [0.25, 0.3) is 0 Å². The number of fused-ring (bicyclic) bond motifs is 9. The van der Waals surface area contributed by atoms with E-state index in [1.54, 1.807) is 4.57 Å². The molecule has 32 radical (unpaired) electrons. The molecule has 0 amide bonds. The van der Waals surface area contributed by atoms with E-state index in [1.165, 1.54) is 6.33 Å². The summed E-state index contributed by atoms with van der Waals surface area (Å²) in [6, 6.07) is 20.9. The largest absolute Gasteiger partial charge is 0.452 e. The number of benzene rings is 7. The fourth-order valence-electron chi connectivity index (χ4n) is 9.52. The zero-order chi connectivity index (χ0) is 47.4. The molecular formula is C46H12B16N4O. The van der Waals surface area contributed by atoms with Gasteiger partial charge in [-0.2, -0.15) is 0 Å². The van der Waals surface area contributed by atoms with Crippen LogP contribution in [0.1, 0.15) is 0 Å². The molecule has 0 aliphatic rings. The average molecular weight is 810 g/mol. The second-order valence-corrected chi connectivity index (χ2v) is 16.5. The number of furan rings is 1. The summed E-state index contributed by atoms with van der Waals surface area (Å²) in [5.74, 6) is 0. The van der Waals surface area contributed by atoms with Crippen molar-refractivity contribution in [3.05, 3.63) is 73.1 Å². The third-order valence-electron chi connectivity index (χ3n) is 13.0. The van der Waals surface area contributed by atoms with E-state index in [2.05, 4.69) is 0 Å². The number of aromatic nitrogens is 4. The maximum atomic E-state index is 6.71. The van der Waals surface area contributed by atoms with Crippen molar-refractivity contribution in [2.75, 3.05) is 0 Å². The molecule has 0 bridgehead atoms. The van der Waals surface area contributed by atoms with Crippen molar-refractivity contribution in [1.82, 2.24) is 19.1 Å². The van der Waals surface area contributed by atoms with E-state index in [-0.39, 0.29) is 87.4 Å². The molecule has 0 N–H and O–H groups in total. The van der Waals surface area contributed by atoms with Gasteiger partial charge in [0, 0.05) is 44.4 Å². The molecule has 11 rings (SSSR count). The lowest BCUT2D eigenvalue weighted by Crippen LogP contribution is -2.49. The van der Waals surface area contributed by atoms with Gasteiger partial charge in [-0.3, -0.25) is 0 Å². The van der Waals surface area contributed by atoms with Gasteiger partial charge >= 0.3 is 0 Å². The molecule has 270 valence electrons. The van der Waals surface area contributed by atoms with Crippen LogP contribution in [0, 0.1) is 0 Å². The molecule has 21 heteroatoms. The van der Waals surface area contributed by atoms with Crippen molar-refractivity contribution < 1.29 is 4.42 Å². The Labute approximate surface area is 406 Å². The predicted octanol–water partition coefficient (Wildman–Crippen LogP) is -7.40. The molecule has 5 nitrogen and oxygen atoms in total. The van der Waals surface area contributed by atoms with Crippen LogP contribution in [0.2, 0.25) is 0 Å². The van der Waals surface area contributed by atoms with Crippen LogP contribution in [0.3, 0.4) is 0 Å². The van der Waals surface area contributed by atoms with Crippen molar-refractivity contribution >= 4 is 279 Å². The second-order valence-electron chi connectivity index (χ2n) is 16.5. The minimum Gasteiger partial charge on any atom is -0.452 e. The molecular weight excluding hydrogens is 798 g/mol. The van der Waals surface area contributed by atoms with Crippen LogP contribution in [0.15, 0.2) is 77.5 Å². The molecule has 0 aliphatic heterocycles. The SMILES string of the molecule is [B]c1c([B])c([B])c2c(c1[B])c1c([B])c([B])c([B])c([B])c1n2-c1cccc(-c2ccc3oc4c(-c5cccc(-n6c7c([B])c([B])c([B])c([B])c7c7c([B])c([B])c([B])c([B])c76)c5)ncnc4c3c2)c1. The van der Waals surface area contributed by atoms with Gasteiger partial charge in [-0.05, 0) is 69.1 Å². The first-order valence-corrected chi connectivity index (χ1v) is 20.5. The summed E-state index contributed by atoms with van der Waals surface area (Å²) in [7, 11) is 104. The molecule has 0 saturated carbocycles. The van der Waals surface area contributed by atoms with Gasteiger partial charge in [0.05, 0.1) is 0 Å². The van der Waals surface area contributed by atoms with E-state index in [0.29, 0.717) is 82.9 Å². The van der Waals surface area contributed by atoms with Crippen LogP contribution in [-0.2, 0) is 0 Å². The fraction of sp³-hybridized carbons (Fsp3) is 0. The fourth-order valence-corrected chi connectivity index (χ4v) is 9.52. The first-order chi connectivity index (χ1) is 31.9. The van der Waals surface area contributed by atoms with Gasteiger partial charge in [0.15, 0.2) is 5.58 Å². The number of rotatable bonds is 4. The van der Waals surface area contributed by atoms with Crippen LogP contribution in [0.25, 0.3) is 99.4 Å². The maximum Gasteiger partial charge on any atom is 0.180 e. The minimum atomic E-state index is 0.0947. The zero-order valence-corrected chi connectivity index (χ0v) is 35.4. The Morgan fingerprint density at radius 1 is 0.358 bits per heavy atom. The van der Waals surface area contributed by atoms with E-state index in [1.807, 2.05) is 71.3 Å². The Morgan fingerprint density at radius 2 is 0.731 bits per heavy atom. The van der Waals surface area contributed by atoms with Gasteiger partial charge in [-0.15, -0.1) is 43.7 Å². The quantitative estimate of drug-likeness (QED) is 0.166. The first kappa shape index (κ1) is 43.6. The molecule has 0 atom stereocenters. The summed E-state index contributed by atoms with van der Waals surface area (Å²) < 4.78 is 10.1. The average Bonchev–Trinajstić information content (AvgIpc) is 4.02. The summed E-state index contributed by atoms with van der Waals surface area (Å²) in [5, 5.41) is 2.45. The summed E-state index contributed by atoms with van der Waals surface area (Å²) >= 11 is 0. The number of hydrogen-bond acceptors (Lipinski definition) is 3. The zero-order valence-electron chi connectivity index (χ0n) is 35.4. The topological polar surface area (TPSA) is 48.8 Å². The lowest BCUT2D eigenvalue weighted by molar-refractivity contribution is 0.667. The summed E-state index contributed by atoms with van der Waals surface area (Å²) in [6.45, 7) is 0. The standard InChI is InChI=1S/C46H12B16N4O/c47-24-20-21-25(48)29(52)33(56)37(60)43(21)65(42(20)36(59)32(55)28(24)51)16-5-1-3-13(9-16)14-7-8-19-18(11-14)41-46(67-19)40(63-12-64-41)15-4-2-6-17(10-15)66-44-22(26(49)30(53)34(57)38(44)61)23-27(50)31(54)35(58)39(62)45(23)66/h1-12H. The summed E-state index contributed by atoms with van der Waals surface area (Å²) in [4.78, 5) is 9.40. The van der Waals surface area contributed by atoms with E-state index in [0.717, 1.165) is 16.5 Å². The normalized spacial score (nSPS) is 11.9. The monoisotopic (exact) mass is 812 g/mol. The third kappa shape index (κ3) is 5.91. The minimum absolute atomic E-state index is 0.0947. The van der Waals surface area contributed by atoms with Crippen molar-refractivity contribution in [3.63, 3.8) is 0 Å². The number of hydrogen-bond donors (Lipinski definition) is 0. The highest BCUT2D eigenvalue weighted by molar-refractivity contribution is 6.73. The smallest absolute Gasteiger partial charge is 0.180 e. The van der Waals surface area contributed by atoms with Gasteiger partial charge in [0.1, 0.15) is 149 Å². The van der Waals surface area contributed by atoms with Crippen molar-refractivity contribution in [1.29, 1.82) is 0 Å². The van der Waals surface area contributed by atoms with Gasteiger partial charge < -0.3 is 13.6 Å². The van der Waals surface area contributed by atoms with E-state index in [9.17, 15) is 0 Å². The highest BCUT2D eigenvalue weighted by Gasteiger charge is 2.25. The van der Waals surface area contributed by atoms with Crippen LogP contribution in [0.5, 0.6) is 0 Å². The van der Waals surface area contributed by atoms with Crippen molar-refractivity contribution in [3.8, 4) is 33.8 Å². The second kappa shape index (κ2) is 15.3. The third-order valence-corrected chi connectivity index (χ3v) is 13.0. The highest BCUT2D eigenvalue weighted by Crippen LogP contribution is 2.37. The lowest BCUT2D eigenvalue weighted by atomic mass is 9.63. The maximum absolute atomic E-state index is 6.71. The van der Waals surface area contributed by atoms with Crippen molar-refractivity contribution in [2.24, 2.45) is 0 Å². The van der Waals surface area contributed by atoms with Crippen LogP contribution >= 0.6 is 0 Å². The Balaban J connectivity index is 1.08. The Morgan fingerprint density at radius 3 is 1.16 bits per heavy atom. The molecule has 0 unspecified atom stereocenters. The van der Waals surface area contributed by atoms with Crippen molar-refractivity contribution in [2.45, 2.75) is 0 Å². The molecule has 4 aromatic heterocycles. The lowest BCUT2D eigenvalue weighted by Gasteiger charge is -2.18. The highest BCUT2D eigenvalue weighted by atomic mass is 16.3. The van der Waals surface area contributed by atoms with Crippen LogP contribution in [0.4, 0.5) is 0 Å². The first-order valence-electron chi connectivity index (χ1n) is 20.5. The molecule has 67 heavy (non-hydrogen) atoms. The molecule has 0 saturated heterocycles. The Hall–Kier alpha value is -5.94. The summed E-state index contributed by atoms with van der Waals surface area (Å²) in [6.07, 6.45) is 1.47. The van der Waals surface area contributed by atoms with E-state index >= 15 is 0 Å². The Kier molecular flexibility index (Phi) is 9.95. The molecule has 0 aliphatic carbocycles. The molecule has 11 aromatic rings. The summed E-state index contributed by atoms with van der Waals surface area (Å²) in [5.41, 5.74) is 9.41. The van der Waals surface area contributed by atoms with Crippen LogP contribution < -0.4 is 87.4 Å². The van der Waals surface area contributed by atoms with Gasteiger partial charge in [-0.25, -0.2) is 9.97 Å². The van der Waals surface area contributed by atoms with Crippen LogP contribution in [-0.4, -0.2) is 145 Å². The van der Waals surface area contributed by atoms with E-state index < -0.39 is 0 Å². The van der Waals surface area contributed by atoms with Gasteiger partial charge in [-0.1, -0.05) is 74.0 Å². The molecule has 4 heterocycles. The predicted molar refractivity (Wildman–Crippen MR) is 295 cm³/mol. The molecule has 0 spiro atoms. The Bertz CT molecular complexity index is 3930. The number of nitrogens with zero attached hydrogens (tertiary/aromatic N) is 4.